The van der Waals surface area contributed by atoms with Gasteiger partial charge in [-0.1, -0.05) is 0 Å². The molecule has 1 aliphatic rings. The van der Waals surface area contributed by atoms with Crippen LogP contribution in [0.4, 0.5) is 5.82 Å². The van der Waals surface area contributed by atoms with Crippen LogP contribution < -0.4 is 4.90 Å². The van der Waals surface area contributed by atoms with Crippen LogP contribution >= 0.6 is 11.3 Å². The van der Waals surface area contributed by atoms with Gasteiger partial charge in [-0.3, -0.25) is 9.48 Å². The fourth-order valence-electron chi connectivity index (χ4n) is 3.77. The average molecular weight is 385 g/mol. The quantitative estimate of drug-likeness (QED) is 0.695. The van der Waals surface area contributed by atoms with Crippen LogP contribution in [-0.4, -0.2) is 56.7 Å². The van der Waals surface area contributed by atoms with E-state index in [0.29, 0.717) is 5.56 Å². The molecule has 4 heterocycles. The lowest BCUT2D eigenvalue weighted by atomic mass is 10.0. The van der Waals surface area contributed by atoms with E-state index in [2.05, 4.69) is 33.8 Å². The Bertz CT molecular complexity index is 993. The topological polar surface area (TPSA) is 67.2 Å². The Kier molecular flexibility index (Phi) is 4.59. The average Bonchev–Trinajstić information content (AvgIpc) is 3.24. The number of piperidine rings is 1. The summed E-state index contributed by atoms with van der Waals surface area (Å²) in [6.07, 6.45) is 7.08. The number of carbonyl (C=O) groups excluding carboxylic acids is 1. The van der Waals surface area contributed by atoms with Gasteiger partial charge in [-0.2, -0.15) is 5.10 Å². The zero-order chi connectivity index (χ0) is 19.1. The summed E-state index contributed by atoms with van der Waals surface area (Å²) in [4.78, 5) is 28.3. The number of carbonyl (C=O) groups is 1. The molecule has 3 aromatic heterocycles. The van der Waals surface area contributed by atoms with Crippen LogP contribution in [0.1, 0.15) is 33.6 Å². The van der Waals surface area contributed by atoms with Crippen LogP contribution in [0.5, 0.6) is 0 Å². The molecule has 0 N–H and O–H groups in total. The fraction of sp³-hybridized carbons (Fsp3) is 0.474. The molecule has 1 saturated heterocycles. The number of nitrogens with zero attached hydrogens (tertiary/aromatic N) is 6. The van der Waals surface area contributed by atoms with E-state index in [4.69, 9.17) is 0 Å². The van der Waals surface area contributed by atoms with E-state index in [9.17, 15) is 4.79 Å². The van der Waals surface area contributed by atoms with Crippen molar-refractivity contribution in [3.8, 4) is 0 Å². The van der Waals surface area contributed by atoms with Crippen LogP contribution in [0, 0.1) is 13.8 Å². The summed E-state index contributed by atoms with van der Waals surface area (Å²) in [6.45, 7) is 6.00. The smallest absolute Gasteiger partial charge is 0.257 e. The van der Waals surface area contributed by atoms with Gasteiger partial charge in [0.2, 0.25) is 0 Å². The lowest BCUT2D eigenvalue weighted by Crippen LogP contribution is -2.49. The summed E-state index contributed by atoms with van der Waals surface area (Å²) in [5.74, 6) is 1.01. The summed E-state index contributed by atoms with van der Waals surface area (Å²) in [5.41, 5.74) is 1.89. The second-order valence-corrected chi connectivity index (χ2v) is 8.42. The summed E-state index contributed by atoms with van der Waals surface area (Å²) in [7, 11) is 3.71. The summed E-state index contributed by atoms with van der Waals surface area (Å²) >= 11 is 1.72. The minimum absolute atomic E-state index is 0.0188. The molecule has 1 amide bonds. The van der Waals surface area contributed by atoms with Crippen molar-refractivity contribution in [3.05, 3.63) is 34.7 Å². The lowest BCUT2D eigenvalue weighted by Gasteiger charge is -2.38. The Balaban J connectivity index is 1.59. The van der Waals surface area contributed by atoms with Crippen molar-refractivity contribution in [1.82, 2.24) is 24.6 Å². The third-order valence-electron chi connectivity index (χ3n) is 5.46. The zero-order valence-electron chi connectivity index (χ0n) is 16.1. The first-order chi connectivity index (χ1) is 13.0. The van der Waals surface area contributed by atoms with Gasteiger partial charge in [-0.15, -0.1) is 11.3 Å². The van der Waals surface area contributed by atoms with Crippen LogP contribution in [0.2, 0.25) is 0 Å². The number of amides is 1. The Morgan fingerprint density at radius 2 is 2.15 bits per heavy atom. The van der Waals surface area contributed by atoms with Gasteiger partial charge in [-0.25, -0.2) is 9.97 Å². The monoisotopic (exact) mass is 384 g/mol. The predicted molar refractivity (Wildman–Crippen MR) is 107 cm³/mol. The molecule has 1 aliphatic heterocycles. The standard InChI is InChI=1S/C19H24N6OS/c1-12-13(2)27-18-16(12)17(20-11-21-18)25-7-5-6-15(10-25)24(4)19(26)14-8-22-23(3)9-14/h8-9,11,15H,5-7,10H2,1-4H3. The Labute approximate surface area is 162 Å². The number of rotatable bonds is 3. The molecule has 7 nitrogen and oxygen atoms in total. The number of likely N-dealkylation sites (N-methyl/N-ethyl adjacent to an activating group) is 1. The van der Waals surface area contributed by atoms with Gasteiger partial charge < -0.3 is 9.80 Å². The Hall–Kier alpha value is -2.48. The van der Waals surface area contributed by atoms with Crippen molar-refractivity contribution in [2.24, 2.45) is 7.05 Å². The molecule has 27 heavy (non-hydrogen) atoms. The molecule has 8 heteroatoms. The number of aryl methyl sites for hydroxylation is 3. The number of hydrogen-bond acceptors (Lipinski definition) is 6. The van der Waals surface area contributed by atoms with E-state index in [1.165, 1.54) is 10.4 Å². The highest BCUT2D eigenvalue weighted by Crippen LogP contribution is 2.35. The Morgan fingerprint density at radius 1 is 1.33 bits per heavy atom. The van der Waals surface area contributed by atoms with Crippen LogP contribution in [0.15, 0.2) is 18.7 Å². The van der Waals surface area contributed by atoms with Gasteiger partial charge in [0, 0.05) is 44.3 Å². The third kappa shape index (κ3) is 3.18. The number of fused-ring (bicyclic) bond motifs is 1. The maximum Gasteiger partial charge on any atom is 0.257 e. The highest BCUT2D eigenvalue weighted by molar-refractivity contribution is 7.18. The molecule has 0 bridgehead atoms. The molecule has 3 aromatic rings. The number of anilines is 1. The highest BCUT2D eigenvalue weighted by atomic mass is 32.1. The molecule has 0 aromatic carbocycles. The molecule has 4 rings (SSSR count). The summed E-state index contributed by atoms with van der Waals surface area (Å²) in [5, 5.41) is 5.27. The van der Waals surface area contributed by atoms with Crippen molar-refractivity contribution in [3.63, 3.8) is 0 Å². The molecule has 1 atom stereocenters. The molecule has 1 fully saturated rings. The second-order valence-electron chi connectivity index (χ2n) is 7.22. The van der Waals surface area contributed by atoms with Crippen LogP contribution in [0.3, 0.4) is 0 Å². The largest absolute Gasteiger partial charge is 0.354 e. The SMILES string of the molecule is Cc1sc2ncnc(N3CCCC(N(C)C(=O)c4cnn(C)c4)C3)c2c1C. The minimum Gasteiger partial charge on any atom is -0.354 e. The van der Waals surface area contributed by atoms with Crippen molar-refractivity contribution in [2.45, 2.75) is 32.7 Å². The van der Waals surface area contributed by atoms with Gasteiger partial charge in [0.25, 0.3) is 5.91 Å². The van der Waals surface area contributed by atoms with Crippen molar-refractivity contribution >= 4 is 33.3 Å². The molecular formula is C19H24N6OS. The minimum atomic E-state index is 0.0188. The fourth-order valence-corrected chi connectivity index (χ4v) is 4.76. The first-order valence-corrected chi connectivity index (χ1v) is 9.99. The van der Waals surface area contributed by atoms with Crippen LogP contribution in [0.25, 0.3) is 10.2 Å². The molecule has 1 unspecified atom stereocenters. The maximum absolute atomic E-state index is 12.8. The van der Waals surface area contributed by atoms with E-state index in [1.807, 2.05) is 19.0 Å². The first-order valence-electron chi connectivity index (χ1n) is 9.17. The van der Waals surface area contributed by atoms with Crippen molar-refractivity contribution < 1.29 is 4.79 Å². The van der Waals surface area contributed by atoms with E-state index < -0.39 is 0 Å². The van der Waals surface area contributed by atoms with E-state index >= 15 is 0 Å². The summed E-state index contributed by atoms with van der Waals surface area (Å²) in [6, 6.07) is 0.150. The summed E-state index contributed by atoms with van der Waals surface area (Å²) < 4.78 is 1.66. The zero-order valence-corrected chi connectivity index (χ0v) is 17.0. The number of thiophene rings is 1. The molecule has 0 radical (unpaired) electrons. The molecule has 0 spiro atoms. The van der Waals surface area contributed by atoms with Gasteiger partial charge in [0.15, 0.2) is 0 Å². The van der Waals surface area contributed by atoms with Gasteiger partial charge in [0.1, 0.15) is 17.0 Å². The van der Waals surface area contributed by atoms with E-state index in [0.717, 1.165) is 42.0 Å². The highest BCUT2D eigenvalue weighted by Gasteiger charge is 2.29. The molecule has 0 aliphatic carbocycles. The Morgan fingerprint density at radius 3 is 2.89 bits per heavy atom. The third-order valence-corrected chi connectivity index (χ3v) is 6.58. The van der Waals surface area contributed by atoms with Gasteiger partial charge in [0.05, 0.1) is 17.1 Å². The second kappa shape index (κ2) is 6.92. The molecular weight excluding hydrogens is 360 g/mol. The van der Waals surface area contributed by atoms with Crippen molar-refractivity contribution in [2.75, 3.05) is 25.0 Å². The maximum atomic E-state index is 12.8. The van der Waals surface area contributed by atoms with Crippen LogP contribution in [-0.2, 0) is 7.05 Å². The normalized spacial score (nSPS) is 17.5. The molecule has 0 saturated carbocycles. The number of hydrogen-bond donors (Lipinski definition) is 0. The van der Waals surface area contributed by atoms with Gasteiger partial charge >= 0.3 is 0 Å². The van der Waals surface area contributed by atoms with E-state index in [-0.39, 0.29) is 11.9 Å². The molecule has 142 valence electrons. The van der Waals surface area contributed by atoms with E-state index in [1.54, 1.807) is 34.7 Å². The van der Waals surface area contributed by atoms with Crippen molar-refractivity contribution in [1.29, 1.82) is 0 Å². The number of aromatic nitrogens is 4. The van der Waals surface area contributed by atoms with Gasteiger partial charge in [-0.05, 0) is 32.3 Å². The predicted octanol–water partition coefficient (Wildman–Crippen LogP) is 2.78. The lowest BCUT2D eigenvalue weighted by molar-refractivity contribution is 0.0717. The first kappa shape index (κ1) is 17.9.